The number of nitrogens with zero attached hydrogens (tertiary/aromatic N) is 4. The van der Waals surface area contributed by atoms with Crippen LogP contribution < -0.4 is 10.9 Å². The summed E-state index contributed by atoms with van der Waals surface area (Å²) >= 11 is 0. The highest BCUT2D eigenvalue weighted by Crippen LogP contribution is 2.15. The van der Waals surface area contributed by atoms with Crippen LogP contribution in [0.3, 0.4) is 0 Å². The number of carbonyl (C=O) groups excluding carboxylic acids is 1. The first-order valence-corrected chi connectivity index (χ1v) is 6.91. The van der Waals surface area contributed by atoms with Gasteiger partial charge in [-0.15, -0.1) is 0 Å². The predicted octanol–water partition coefficient (Wildman–Crippen LogP) is 0.0300. The SMILES string of the molecule is Cc1cn2c(n1)CCC(NC(=O)c1ccc(=O)n(C)n1)C2. The molecule has 0 aromatic carbocycles. The summed E-state index contributed by atoms with van der Waals surface area (Å²) in [6, 6.07) is 2.85. The van der Waals surface area contributed by atoms with Crippen molar-refractivity contribution in [1.82, 2.24) is 24.6 Å². The summed E-state index contributed by atoms with van der Waals surface area (Å²) in [7, 11) is 1.53. The summed E-state index contributed by atoms with van der Waals surface area (Å²) in [6.07, 6.45) is 3.70. The van der Waals surface area contributed by atoms with E-state index < -0.39 is 0 Å². The van der Waals surface area contributed by atoms with Crippen LogP contribution in [0.2, 0.25) is 0 Å². The molecule has 1 N–H and O–H groups in total. The molecule has 3 rings (SSSR count). The van der Waals surface area contributed by atoms with Gasteiger partial charge in [0.05, 0.1) is 5.69 Å². The van der Waals surface area contributed by atoms with Gasteiger partial charge in [-0.25, -0.2) is 9.67 Å². The number of nitrogens with one attached hydrogen (secondary N) is 1. The standard InChI is InChI=1S/C14H17N5O2/c1-9-7-19-8-10(3-5-12(19)15-9)16-14(21)11-4-6-13(20)18(2)17-11/h4,6-7,10H,3,5,8H2,1-2H3,(H,16,21). The molecule has 1 amide bonds. The number of imidazole rings is 1. The van der Waals surface area contributed by atoms with Gasteiger partial charge in [0.25, 0.3) is 11.5 Å². The Balaban J connectivity index is 1.71. The Hall–Kier alpha value is -2.44. The number of hydrogen-bond donors (Lipinski definition) is 1. The first kappa shape index (κ1) is 13.5. The first-order valence-electron chi connectivity index (χ1n) is 6.91. The average molecular weight is 287 g/mol. The van der Waals surface area contributed by atoms with Crippen LogP contribution in [0, 0.1) is 6.92 Å². The Labute approximate surface area is 121 Å². The highest BCUT2D eigenvalue weighted by atomic mass is 16.2. The van der Waals surface area contributed by atoms with Gasteiger partial charge in [-0.2, -0.15) is 5.10 Å². The van der Waals surface area contributed by atoms with Gasteiger partial charge in [0.15, 0.2) is 0 Å². The van der Waals surface area contributed by atoms with Gasteiger partial charge in [-0.1, -0.05) is 0 Å². The van der Waals surface area contributed by atoms with E-state index in [1.54, 1.807) is 0 Å². The van der Waals surface area contributed by atoms with Crippen molar-refractivity contribution >= 4 is 5.91 Å². The molecule has 3 heterocycles. The van der Waals surface area contributed by atoms with E-state index in [0.717, 1.165) is 29.0 Å². The molecule has 0 aliphatic carbocycles. The van der Waals surface area contributed by atoms with Gasteiger partial charge in [-0.3, -0.25) is 9.59 Å². The van der Waals surface area contributed by atoms with Crippen molar-refractivity contribution in [3.05, 3.63) is 45.9 Å². The van der Waals surface area contributed by atoms with E-state index in [1.165, 1.54) is 19.2 Å². The third kappa shape index (κ3) is 2.72. The van der Waals surface area contributed by atoms with Crippen LogP contribution in [-0.4, -0.2) is 31.3 Å². The first-order chi connectivity index (χ1) is 10.0. The van der Waals surface area contributed by atoms with Crippen molar-refractivity contribution in [2.24, 2.45) is 7.05 Å². The predicted molar refractivity (Wildman–Crippen MR) is 76.0 cm³/mol. The lowest BCUT2D eigenvalue weighted by molar-refractivity contribution is 0.0920. The van der Waals surface area contributed by atoms with E-state index in [4.69, 9.17) is 0 Å². The van der Waals surface area contributed by atoms with Crippen LogP contribution >= 0.6 is 0 Å². The van der Waals surface area contributed by atoms with E-state index in [9.17, 15) is 9.59 Å². The van der Waals surface area contributed by atoms with Gasteiger partial charge in [-0.05, 0) is 19.4 Å². The maximum Gasteiger partial charge on any atom is 0.272 e. The molecule has 1 atom stereocenters. The highest BCUT2D eigenvalue weighted by Gasteiger charge is 2.22. The molecule has 7 nitrogen and oxygen atoms in total. The van der Waals surface area contributed by atoms with Gasteiger partial charge >= 0.3 is 0 Å². The molecule has 0 saturated carbocycles. The fourth-order valence-corrected chi connectivity index (χ4v) is 2.59. The molecule has 1 aliphatic heterocycles. The zero-order valence-electron chi connectivity index (χ0n) is 12.0. The zero-order chi connectivity index (χ0) is 15.0. The average Bonchev–Trinajstić information content (AvgIpc) is 2.81. The summed E-state index contributed by atoms with van der Waals surface area (Å²) in [5.74, 6) is 0.814. The molecular formula is C14H17N5O2. The van der Waals surface area contributed by atoms with Crippen molar-refractivity contribution in [3.8, 4) is 0 Å². The summed E-state index contributed by atoms with van der Waals surface area (Å²) < 4.78 is 3.24. The fraction of sp³-hybridized carbons (Fsp3) is 0.429. The van der Waals surface area contributed by atoms with E-state index in [-0.39, 0.29) is 23.2 Å². The largest absolute Gasteiger partial charge is 0.346 e. The molecule has 21 heavy (non-hydrogen) atoms. The van der Waals surface area contributed by atoms with Gasteiger partial charge in [0.2, 0.25) is 0 Å². The molecule has 0 saturated heterocycles. The van der Waals surface area contributed by atoms with Crippen molar-refractivity contribution in [1.29, 1.82) is 0 Å². The number of aromatic nitrogens is 4. The number of fused-ring (bicyclic) bond motifs is 1. The quantitative estimate of drug-likeness (QED) is 0.845. The number of amides is 1. The second kappa shape index (κ2) is 5.16. The topological polar surface area (TPSA) is 81.8 Å². The number of carbonyl (C=O) groups is 1. The second-order valence-electron chi connectivity index (χ2n) is 5.34. The molecule has 1 unspecified atom stereocenters. The monoisotopic (exact) mass is 287 g/mol. The van der Waals surface area contributed by atoms with Crippen molar-refractivity contribution in [2.75, 3.05) is 0 Å². The summed E-state index contributed by atoms with van der Waals surface area (Å²) in [5, 5.41) is 6.93. The van der Waals surface area contributed by atoms with Crippen molar-refractivity contribution in [3.63, 3.8) is 0 Å². The van der Waals surface area contributed by atoms with E-state index >= 15 is 0 Å². The Bertz CT molecular complexity index is 746. The van der Waals surface area contributed by atoms with E-state index in [2.05, 4.69) is 20.0 Å². The number of hydrogen-bond acceptors (Lipinski definition) is 4. The van der Waals surface area contributed by atoms with Crippen molar-refractivity contribution < 1.29 is 4.79 Å². The lowest BCUT2D eigenvalue weighted by Gasteiger charge is -2.24. The zero-order valence-corrected chi connectivity index (χ0v) is 12.0. The Morgan fingerprint density at radius 3 is 3.00 bits per heavy atom. The molecule has 2 aromatic rings. The fourth-order valence-electron chi connectivity index (χ4n) is 2.59. The van der Waals surface area contributed by atoms with Crippen LogP contribution in [0.1, 0.15) is 28.4 Å². The number of rotatable bonds is 2. The minimum Gasteiger partial charge on any atom is -0.346 e. The highest BCUT2D eigenvalue weighted by molar-refractivity contribution is 5.92. The Morgan fingerprint density at radius 1 is 1.43 bits per heavy atom. The van der Waals surface area contributed by atoms with Crippen LogP contribution in [0.15, 0.2) is 23.1 Å². The van der Waals surface area contributed by atoms with E-state index in [1.807, 2.05) is 13.1 Å². The van der Waals surface area contributed by atoms with Crippen LogP contribution in [-0.2, 0) is 20.0 Å². The molecule has 1 aliphatic rings. The third-order valence-electron chi connectivity index (χ3n) is 3.64. The summed E-state index contributed by atoms with van der Waals surface area (Å²) in [6.45, 7) is 2.68. The second-order valence-corrected chi connectivity index (χ2v) is 5.34. The van der Waals surface area contributed by atoms with Crippen LogP contribution in [0.25, 0.3) is 0 Å². The van der Waals surface area contributed by atoms with E-state index in [0.29, 0.717) is 6.54 Å². The molecule has 0 spiro atoms. The molecule has 0 radical (unpaired) electrons. The molecule has 0 fully saturated rings. The third-order valence-corrected chi connectivity index (χ3v) is 3.64. The Kier molecular flexibility index (Phi) is 3.32. The normalized spacial score (nSPS) is 17.3. The summed E-state index contributed by atoms with van der Waals surface area (Å²) in [5.41, 5.74) is 1.02. The van der Waals surface area contributed by atoms with Crippen molar-refractivity contribution in [2.45, 2.75) is 32.4 Å². The lowest BCUT2D eigenvalue weighted by Crippen LogP contribution is -2.41. The van der Waals surface area contributed by atoms with Gasteiger partial charge < -0.3 is 9.88 Å². The minimum absolute atomic E-state index is 0.0534. The maximum absolute atomic E-state index is 12.2. The maximum atomic E-state index is 12.2. The van der Waals surface area contributed by atoms with Crippen LogP contribution in [0.5, 0.6) is 0 Å². The van der Waals surface area contributed by atoms with Gasteiger partial charge in [0.1, 0.15) is 11.5 Å². The smallest absolute Gasteiger partial charge is 0.272 e. The molecule has 2 aromatic heterocycles. The van der Waals surface area contributed by atoms with Gasteiger partial charge in [0, 0.05) is 38.3 Å². The molecule has 7 heteroatoms. The molecule has 110 valence electrons. The number of aryl methyl sites for hydroxylation is 3. The molecular weight excluding hydrogens is 270 g/mol. The molecule has 0 bridgehead atoms. The minimum atomic E-state index is -0.254. The lowest BCUT2D eigenvalue weighted by atomic mass is 10.1. The van der Waals surface area contributed by atoms with Crippen LogP contribution in [0.4, 0.5) is 0 Å². The Morgan fingerprint density at radius 2 is 2.24 bits per heavy atom. The summed E-state index contributed by atoms with van der Waals surface area (Å²) in [4.78, 5) is 27.9.